The maximum atomic E-state index is 11.6. The van der Waals surface area contributed by atoms with Crippen LogP contribution in [0.5, 0.6) is 0 Å². The van der Waals surface area contributed by atoms with Gasteiger partial charge in [-0.3, -0.25) is 0 Å². The number of rotatable bonds is 3. The zero-order chi connectivity index (χ0) is 18.4. The molecule has 0 bridgehead atoms. The third-order valence-corrected chi connectivity index (χ3v) is 5.36. The van der Waals surface area contributed by atoms with Crippen molar-refractivity contribution in [1.29, 1.82) is 0 Å². The molecule has 0 spiro atoms. The highest BCUT2D eigenvalue weighted by Crippen LogP contribution is 2.45. The van der Waals surface area contributed by atoms with Gasteiger partial charge < -0.3 is 14.1 Å². The highest BCUT2D eigenvalue weighted by molar-refractivity contribution is 5.86. The fraction of sp³-hybridized carbons (Fsp3) is 0.476. The Morgan fingerprint density at radius 1 is 1.28 bits per heavy atom. The van der Waals surface area contributed by atoms with E-state index in [1.165, 1.54) is 29.5 Å². The molecule has 2 heterocycles. The zero-order valence-electron chi connectivity index (χ0n) is 16.0. The van der Waals surface area contributed by atoms with E-state index in [1.807, 2.05) is 6.07 Å². The van der Waals surface area contributed by atoms with Crippen LogP contribution in [0.25, 0.3) is 0 Å². The molecule has 3 rings (SSSR count). The van der Waals surface area contributed by atoms with Crippen LogP contribution in [0.4, 0.5) is 5.69 Å². The number of aryl methyl sites for hydroxylation is 2. The molecule has 2 aromatic rings. The summed E-state index contributed by atoms with van der Waals surface area (Å²) >= 11 is 0. The number of fused-ring (bicyclic) bond motifs is 1. The van der Waals surface area contributed by atoms with Crippen LogP contribution >= 0.6 is 0 Å². The first-order chi connectivity index (χ1) is 11.7. The molecule has 1 aliphatic rings. The van der Waals surface area contributed by atoms with Gasteiger partial charge in [-0.25, -0.2) is 4.79 Å². The smallest absolute Gasteiger partial charge is 0.373 e. The van der Waals surface area contributed by atoms with Crippen LogP contribution in [-0.4, -0.2) is 18.6 Å². The molecule has 0 aliphatic carbocycles. The van der Waals surface area contributed by atoms with E-state index in [2.05, 4.69) is 51.7 Å². The number of methoxy groups -OCH3 is 1. The lowest BCUT2D eigenvalue weighted by Gasteiger charge is -2.47. The Kier molecular flexibility index (Phi) is 4.40. The van der Waals surface area contributed by atoms with Gasteiger partial charge in [0.05, 0.1) is 13.7 Å². The zero-order valence-corrected chi connectivity index (χ0v) is 16.0. The largest absolute Gasteiger partial charge is 0.463 e. The molecular weight excluding hydrogens is 314 g/mol. The predicted molar refractivity (Wildman–Crippen MR) is 99.3 cm³/mol. The van der Waals surface area contributed by atoms with E-state index >= 15 is 0 Å². The van der Waals surface area contributed by atoms with E-state index in [1.54, 1.807) is 6.07 Å². The van der Waals surface area contributed by atoms with Crippen LogP contribution in [0.3, 0.4) is 0 Å². The van der Waals surface area contributed by atoms with Crippen molar-refractivity contribution < 1.29 is 13.9 Å². The van der Waals surface area contributed by atoms with E-state index in [0.717, 1.165) is 12.2 Å². The molecule has 4 heteroatoms. The predicted octanol–water partition coefficient (Wildman–Crippen LogP) is 4.98. The summed E-state index contributed by atoms with van der Waals surface area (Å²) in [5.74, 6) is 1.10. The lowest BCUT2D eigenvalue weighted by Crippen LogP contribution is -2.47. The average molecular weight is 341 g/mol. The van der Waals surface area contributed by atoms with Crippen molar-refractivity contribution in [2.75, 3.05) is 12.0 Å². The Morgan fingerprint density at radius 2 is 1.96 bits per heavy atom. The second-order valence-electron chi connectivity index (χ2n) is 7.76. The van der Waals surface area contributed by atoms with Crippen molar-refractivity contribution in [2.24, 2.45) is 0 Å². The molecule has 0 fully saturated rings. The molecule has 0 radical (unpaired) electrons. The molecular formula is C21H27NO3. The lowest BCUT2D eigenvalue weighted by molar-refractivity contribution is 0.0563. The van der Waals surface area contributed by atoms with Crippen molar-refractivity contribution in [1.82, 2.24) is 0 Å². The monoisotopic (exact) mass is 341 g/mol. The summed E-state index contributed by atoms with van der Waals surface area (Å²) in [6.07, 6.45) is 1.08. The fourth-order valence-electron chi connectivity index (χ4n) is 3.88. The summed E-state index contributed by atoms with van der Waals surface area (Å²) in [5.41, 5.74) is 5.29. The number of benzene rings is 1. The minimum Gasteiger partial charge on any atom is -0.463 e. The van der Waals surface area contributed by atoms with Gasteiger partial charge in [-0.2, -0.15) is 0 Å². The molecule has 4 nitrogen and oxygen atoms in total. The minimum atomic E-state index is -0.440. The number of esters is 1. The molecule has 25 heavy (non-hydrogen) atoms. The topological polar surface area (TPSA) is 42.7 Å². The lowest BCUT2D eigenvalue weighted by atomic mass is 9.79. The van der Waals surface area contributed by atoms with Crippen molar-refractivity contribution in [3.05, 3.63) is 52.5 Å². The molecule has 1 aromatic carbocycles. The molecule has 1 aromatic heterocycles. The van der Waals surface area contributed by atoms with Gasteiger partial charge in [0.1, 0.15) is 5.76 Å². The van der Waals surface area contributed by atoms with E-state index in [0.29, 0.717) is 12.5 Å². The van der Waals surface area contributed by atoms with Gasteiger partial charge in [-0.15, -0.1) is 0 Å². The third-order valence-electron chi connectivity index (χ3n) is 5.36. The molecule has 0 N–H and O–H groups in total. The number of furan rings is 1. The van der Waals surface area contributed by atoms with E-state index < -0.39 is 5.97 Å². The van der Waals surface area contributed by atoms with Crippen molar-refractivity contribution >= 4 is 11.7 Å². The highest BCUT2D eigenvalue weighted by atomic mass is 16.5. The Bertz CT molecular complexity index is 803. The van der Waals surface area contributed by atoms with Crippen LogP contribution in [0, 0.1) is 13.8 Å². The summed E-state index contributed by atoms with van der Waals surface area (Å²) in [7, 11) is 1.36. The summed E-state index contributed by atoms with van der Waals surface area (Å²) < 4.78 is 10.4. The summed E-state index contributed by atoms with van der Waals surface area (Å²) in [5, 5.41) is 0. The number of hydrogen-bond acceptors (Lipinski definition) is 4. The van der Waals surface area contributed by atoms with E-state index in [9.17, 15) is 4.79 Å². The number of ether oxygens (including phenoxy) is 1. The molecule has 0 saturated heterocycles. The number of nitrogens with zero attached hydrogens (tertiary/aromatic N) is 1. The Morgan fingerprint density at radius 3 is 2.64 bits per heavy atom. The summed E-state index contributed by atoms with van der Waals surface area (Å²) in [4.78, 5) is 14.0. The Hall–Kier alpha value is -2.23. The van der Waals surface area contributed by atoms with Gasteiger partial charge in [0.15, 0.2) is 0 Å². The van der Waals surface area contributed by atoms with Gasteiger partial charge in [0.25, 0.3) is 0 Å². The normalized spacial score (nSPS) is 18.8. The maximum Gasteiger partial charge on any atom is 0.373 e. The SMILES string of the molecule is COC(=O)c1ccc(CN2c3cc(C)c(C)cc3C(C)CC2(C)C)o1. The quantitative estimate of drug-likeness (QED) is 0.739. The minimum absolute atomic E-state index is 0.00628. The van der Waals surface area contributed by atoms with Gasteiger partial charge in [0.2, 0.25) is 5.76 Å². The Labute approximate surface area is 149 Å². The first-order valence-corrected chi connectivity index (χ1v) is 8.78. The molecule has 134 valence electrons. The highest BCUT2D eigenvalue weighted by Gasteiger charge is 2.37. The van der Waals surface area contributed by atoms with E-state index in [4.69, 9.17) is 9.15 Å². The van der Waals surface area contributed by atoms with Crippen molar-refractivity contribution in [2.45, 2.75) is 59.0 Å². The second-order valence-corrected chi connectivity index (χ2v) is 7.76. The maximum absolute atomic E-state index is 11.6. The fourth-order valence-corrected chi connectivity index (χ4v) is 3.88. The first kappa shape index (κ1) is 17.6. The van der Waals surface area contributed by atoms with Crippen LogP contribution < -0.4 is 4.90 Å². The second kappa shape index (κ2) is 6.25. The van der Waals surface area contributed by atoms with Gasteiger partial charge >= 0.3 is 5.97 Å². The number of carbonyl (C=O) groups is 1. The first-order valence-electron chi connectivity index (χ1n) is 8.78. The van der Waals surface area contributed by atoms with Crippen LogP contribution in [0.15, 0.2) is 28.7 Å². The average Bonchev–Trinajstić information content (AvgIpc) is 3.01. The standard InChI is InChI=1S/C21H27NO3/c1-13-9-17-15(3)11-21(4,5)22(18(17)10-14(13)2)12-16-7-8-19(25-16)20(23)24-6/h7-10,15H,11-12H2,1-6H3. The summed E-state index contributed by atoms with van der Waals surface area (Å²) in [6.45, 7) is 11.8. The third kappa shape index (κ3) is 3.17. The Balaban J connectivity index is 1.99. The van der Waals surface area contributed by atoms with Crippen LogP contribution in [0.1, 0.15) is 66.1 Å². The van der Waals surface area contributed by atoms with Crippen molar-refractivity contribution in [3.8, 4) is 0 Å². The molecule has 0 saturated carbocycles. The number of hydrogen-bond donors (Lipinski definition) is 0. The summed E-state index contributed by atoms with van der Waals surface area (Å²) in [6, 6.07) is 8.15. The number of anilines is 1. The van der Waals surface area contributed by atoms with Gasteiger partial charge in [-0.05, 0) is 74.9 Å². The van der Waals surface area contributed by atoms with E-state index in [-0.39, 0.29) is 11.3 Å². The molecule has 1 atom stereocenters. The molecule has 0 amide bonds. The molecule has 1 aliphatic heterocycles. The molecule has 1 unspecified atom stereocenters. The number of carbonyl (C=O) groups excluding carboxylic acids is 1. The van der Waals surface area contributed by atoms with Crippen LogP contribution in [-0.2, 0) is 11.3 Å². The van der Waals surface area contributed by atoms with Gasteiger partial charge in [-0.1, -0.05) is 13.0 Å². The van der Waals surface area contributed by atoms with Crippen LogP contribution in [0.2, 0.25) is 0 Å². The van der Waals surface area contributed by atoms with Gasteiger partial charge in [0, 0.05) is 11.2 Å². The van der Waals surface area contributed by atoms with Crippen molar-refractivity contribution in [3.63, 3.8) is 0 Å².